The maximum Gasteiger partial charge on any atom is 0.270 e. The number of hydrogen-bond donors (Lipinski definition) is 1. The Morgan fingerprint density at radius 1 is 1.30 bits per heavy atom. The van der Waals surface area contributed by atoms with Gasteiger partial charge in [0.2, 0.25) is 0 Å². The van der Waals surface area contributed by atoms with Crippen LogP contribution in [0.3, 0.4) is 0 Å². The molecule has 0 saturated carbocycles. The lowest BCUT2D eigenvalue weighted by molar-refractivity contribution is -0.384. The van der Waals surface area contributed by atoms with Gasteiger partial charge in [0, 0.05) is 17.7 Å². The SMILES string of the molecule is COc1ccccc1[C@H](C)NC(=O)c1cc([N+](=O)[O-])ccc1Cl. The summed E-state index contributed by atoms with van der Waals surface area (Å²) in [5.41, 5.74) is 0.664. The summed E-state index contributed by atoms with van der Waals surface area (Å²) in [6.45, 7) is 1.79. The summed E-state index contributed by atoms with van der Waals surface area (Å²) in [5.74, 6) is 0.155. The highest BCUT2D eigenvalue weighted by atomic mass is 35.5. The first kappa shape index (κ1) is 16.8. The van der Waals surface area contributed by atoms with Gasteiger partial charge in [0.1, 0.15) is 5.75 Å². The van der Waals surface area contributed by atoms with Crippen molar-refractivity contribution in [1.82, 2.24) is 5.32 Å². The summed E-state index contributed by atoms with van der Waals surface area (Å²) in [5, 5.41) is 13.7. The molecule has 7 heteroatoms. The molecule has 1 atom stereocenters. The smallest absolute Gasteiger partial charge is 0.270 e. The topological polar surface area (TPSA) is 81.5 Å². The molecule has 2 rings (SSSR count). The molecule has 0 radical (unpaired) electrons. The molecule has 0 bridgehead atoms. The van der Waals surface area contributed by atoms with Crippen LogP contribution in [0.4, 0.5) is 5.69 Å². The Labute approximate surface area is 138 Å². The van der Waals surface area contributed by atoms with Gasteiger partial charge in [-0.3, -0.25) is 14.9 Å². The number of benzene rings is 2. The summed E-state index contributed by atoms with van der Waals surface area (Å²) in [4.78, 5) is 22.6. The molecule has 0 aromatic heterocycles. The Bertz CT molecular complexity index is 749. The summed E-state index contributed by atoms with van der Waals surface area (Å²) >= 11 is 5.98. The van der Waals surface area contributed by atoms with E-state index in [-0.39, 0.29) is 22.3 Å². The van der Waals surface area contributed by atoms with Crippen LogP contribution >= 0.6 is 11.6 Å². The van der Waals surface area contributed by atoms with Crippen molar-refractivity contribution in [2.24, 2.45) is 0 Å². The van der Waals surface area contributed by atoms with Crippen molar-refractivity contribution >= 4 is 23.2 Å². The zero-order valence-corrected chi connectivity index (χ0v) is 13.3. The third-order valence-corrected chi connectivity index (χ3v) is 3.69. The van der Waals surface area contributed by atoms with Crippen molar-refractivity contribution in [3.63, 3.8) is 0 Å². The Hall–Kier alpha value is -2.60. The highest BCUT2D eigenvalue weighted by molar-refractivity contribution is 6.33. The molecule has 0 aliphatic carbocycles. The predicted molar refractivity (Wildman–Crippen MR) is 87.0 cm³/mol. The molecule has 0 saturated heterocycles. The van der Waals surface area contributed by atoms with Gasteiger partial charge in [-0.05, 0) is 19.1 Å². The Morgan fingerprint density at radius 3 is 2.65 bits per heavy atom. The highest BCUT2D eigenvalue weighted by Gasteiger charge is 2.19. The van der Waals surface area contributed by atoms with Gasteiger partial charge >= 0.3 is 0 Å². The molecule has 6 nitrogen and oxygen atoms in total. The number of carbonyl (C=O) groups excluding carboxylic acids is 1. The van der Waals surface area contributed by atoms with Crippen LogP contribution in [0.15, 0.2) is 42.5 Å². The molecule has 0 heterocycles. The fourth-order valence-electron chi connectivity index (χ4n) is 2.18. The number of rotatable bonds is 5. The molecule has 0 spiro atoms. The Kier molecular flexibility index (Phi) is 5.18. The summed E-state index contributed by atoms with van der Waals surface area (Å²) < 4.78 is 5.26. The molecule has 0 unspecified atom stereocenters. The molecular formula is C16H15ClN2O4. The third kappa shape index (κ3) is 3.78. The van der Waals surface area contributed by atoms with Crippen molar-refractivity contribution < 1.29 is 14.5 Å². The molecule has 1 amide bonds. The molecule has 0 fully saturated rings. The summed E-state index contributed by atoms with van der Waals surface area (Å²) in [6, 6.07) is 10.7. The van der Waals surface area contributed by atoms with Crippen LogP contribution in [0.1, 0.15) is 28.9 Å². The predicted octanol–water partition coefficient (Wildman–Crippen LogP) is 3.75. The van der Waals surface area contributed by atoms with Crippen LogP contribution in [0.25, 0.3) is 0 Å². The normalized spacial score (nSPS) is 11.6. The van der Waals surface area contributed by atoms with E-state index in [1.807, 2.05) is 18.2 Å². The summed E-state index contributed by atoms with van der Waals surface area (Å²) in [7, 11) is 1.55. The number of nitrogens with zero attached hydrogens (tertiary/aromatic N) is 1. The number of nitro groups is 1. The van der Waals surface area contributed by atoms with Crippen LogP contribution in [-0.2, 0) is 0 Å². The summed E-state index contributed by atoms with van der Waals surface area (Å²) in [6.07, 6.45) is 0. The van der Waals surface area contributed by atoms with Crippen molar-refractivity contribution in [2.75, 3.05) is 7.11 Å². The van der Waals surface area contributed by atoms with E-state index in [2.05, 4.69) is 5.32 Å². The van der Waals surface area contributed by atoms with Crippen LogP contribution in [0.5, 0.6) is 5.75 Å². The van der Waals surface area contributed by atoms with Crippen molar-refractivity contribution in [2.45, 2.75) is 13.0 Å². The van der Waals surface area contributed by atoms with Gasteiger partial charge in [-0.2, -0.15) is 0 Å². The molecule has 2 aromatic rings. The van der Waals surface area contributed by atoms with E-state index in [1.54, 1.807) is 20.1 Å². The second-order valence-corrected chi connectivity index (χ2v) is 5.27. The van der Waals surface area contributed by atoms with Gasteiger partial charge < -0.3 is 10.1 Å². The van der Waals surface area contributed by atoms with Gasteiger partial charge in [0.05, 0.1) is 28.7 Å². The number of nitro benzene ring substituents is 1. The first-order valence-electron chi connectivity index (χ1n) is 6.81. The minimum Gasteiger partial charge on any atom is -0.496 e. The number of halogens is 1. The van der Waals surface area contributed by atoms with Crippen molar-refractivity contribution in [1.29, 1.82) is 0 Å². The van der Waals surface area contributed by atoms with E-state index in [9.17, 15) is 14.9 Å². The maximum absolute atomic E-state index is 12.4. The van der Waals surface area contributed by atoms with Gasteiger partial charge in [-0.15, -0.1) is 0 Å². The Balaban J connectivity index is 2.25. The molecule has 2 aromatic carbocycles. The van der Waals surface area contributed by atoms with Gasteiger partial charge in [0.25, 0.3) is 11.6 Å². The lowest BCUT2D eigenvalue weighted by Gasteiger charge is -2.17. The second kappa shape index (κ2) is 7.11. The van der Waals surface area contributed by atoms with E-state index < -0.39 is 10.8 Å². The van der Waals surface area contributed by atoms with Gasteiger partial charge in [-0.1, -0.05) is 29.8 Å². The standard InChI is InChI=1S/C16H15ClN2O4/c1-10(12-5-3-4-6-15(12)23-2)18-16(20)13-9-11(19(21)22)7-8-14(13)17/h3-10H,1-2H3,(H,18,20)/t10-/m0/s1. The van der Waals surface area contributed by atoms with E-state index in [0.717, 1.165) is 11.6 Å². The Morgan fingerprint density at radius 2 is 2.00 bits per heavy atom. The largest absolute Gasteiger partial charge is 0.496 e. The molecule has 1 N–H and O–H groups in total. The number of ether oxygens (including phenoxy) is 1. The number of amides is 1. The fraction of sp³-hybridized carbons (Fsp3) is 0.188. The molecule has 0 aliphatic heterocycles. The number of carbonyl (C=O) groups is 1. The average molecular weight is 335 g/mol. The van der Waals surface area contributed by atoms with Crippen molar-refractivity contribution in [3.8, 4) is 5.75 Å². The van der Waals surface area contributed by atoms with Crippen LogP contribution in [-0.4, -0.2) is 17.9 Å². The molecule has 120 valence electrons. The van der Waals surface area contributed by atoms with Crippen LogP contribution in [0.2, 0.25) is 5.02 Å². The van der Waals surface area contributed by atoms with Crippen LogP contribution < -0.4 is 10.1 Å². The molecule has 0 aliphatic rings. The average Bonchev–Trinajstić information content (AvgIpc) is 2.54. The first-order valence-corrected chi connectivity index (χ1v) is 7.19. The van der Waals surface area contributed by atoms with E-state index in [4.69, 9.17) is 16.3 Å². The molecular weight excluding hydrogens is 320 g/mol. The maximum atomic E-state index is 12.4. The van der Waals surface area contributed by atoms with E-state index >= 15 is 0 Å². The lowest BCUT2D eigenvalue weighted by Crippen LogP contribution is -2.27. The zero-order chi connectivity index (χ0) is 17.0. The van der Waals surface area contributed by atoms with E-state index in [0.29, 0.717) is 5.75 Å². The van der Waals surface area contributed by atoms with Crippen molar-refractivity contribution in [3.05, 3.63) is 68.7 Å². The number of non-ortho nitro benzene ring substituents is 1. The lowest BCUT2D eigenvalue weighted by atomic mass is 10.1. The van der Waals surface area contributed by atoms with E-state index in [1.165, 1.54) is 12.1 Å². The molecule has 23 heavy (non-hydrogen) atoms. The van der Waals surface area contributed by atoms with Gasteiger partial charge in [0.15, 0.2) is 0 Å². The third-order valence-electron chi connectivity index (χ3n) is 3.36. The minimum absolute atomic E-state index is 0.0580. The second-order valence-electron chi connectivity index (χ2n) is 4.86. The number of nitrogens with one attached hydrogen (secondary N) is 1. The van der Waals surface area contributed by atoms with Crippen LogP contribution in [0, 0.1) is 10.1 Å². The fourth-order valence-corrected chi connectivity index (χ4v) is 2.38. The highest BCUT2D eigenvalue weighted by Crippen LogP contribution is 2.26. The first-order chi connectivity index (χ1) is 10.9. The monoisotopic (exact) mass is 334 g/mol. The number of para-hydroxylation sites is 1. The minimum atomic E-state index is -0.573. The quantitative estimate of drug-likeness (QED) is 0.667. The number of hydrogen-bond acceptors (Lipinski definition) is 4. The number of methoxy groups -OCH3 is 1. The van der Waals surface area contributed by atoms with Gasteiger partial charge in [-0.25, -0.2) is 0 Å². The zero-order valence-electron chi connectivity index (χ0n) is 12.6.